The first-order valence-corrected chi connectivity index (χ1v) is 40.1. The Balaban J connectivity index is 3.96. The maximum absolute atomic E-state index is 12.9. The van der Waals surface area contributed by atoms with Gasteiger partial charge < -0.3 is 27.9 Å². The van der Waals surface area contributed by atoms with Crippen LogP contribution in [0.15, 0.2) is 109 Å². The lowest BCUT2D eigenvalue weighted by atomic mass is 10.0. The van der Waals surface area contributed by atoms with E-state index in [1.165, 1.54) is 218 Å². The number of unbranched alkanes of at least 4 members (excludes halogenated alkanes) is 39. The maximum Gasteiger partial charge on any atom is 0.306 e. The molecule has 0 bridgehead atoms. The molecule has 0 aliphatic carbocycles. The summed E-state index contributed by atoms with van der Waals surface area (Å²) in [5.41, 5.74) is 0. The van der Waals surface area contributed by atoms with Crippen molar-refractivity contribution in [2.45, 2.75) is 354 Å². The molecule has 0 N–H and O–H groups in total. The van der Waals surface area contributed by atoms with Gasteiger partial charge in [-0.2, -0.15) is 0 Å². The molecule has 0 radical (unpaired) electrons. The van der Waals surface area contributed by atoms with E-state index in [4.69, 9.17) is 18.5 Å². The lowest BCUT2D eigenvalue weighted by Crippen LogP contribution is -2.37. The van der Waals surface area contributed by atoms with Gasteiger partial charge in [0.15, 0.2) is 6.10 Å². The van der Waals surface area contributed by atoms with Gasteiger partial charge in [0.1, 0.15) is 19.8 Å². The van der Waals surface area contributed by atoms with Crippen molar-refractivity contribution >= 4 is 19.8 Å². The normalized spacial score (nSPS) is 13.7. The minimum atomic E-state index is -4.65. The van der Waals surface area contributed by atoms with Crippen LogP contribution in [0.25, 0.3) is 0 Å². The summed E-state index contributed by atoms with van der Waals surface area (Å²) in [6.45, 7) is 4.06. The monoisotopic (exact) mass is 1300 g/mol. The number of hydrogen-bond acceptors (Lipinski definition) is 8. The van der Waals surface area contributed by atoms with Crippen LogP contribution < -0.4 is 4.89 Å². The first-order chi connectivity index (χ1) is 45.0. The van der Waals surface area contributed by atoms with E-state index in [0.717, 1.165) is 96.3 Å². The Labute approximate surface area is 569 Å². The number of likely N-dealkylation sites (N-methyl/N-ethyl adjacent to an activating group) is 1. The lowest BCUT2D eigenvalue weighted by Gasteiger charge is -2.28. The molecule has 0 amide bonds. The number of carbonyl (C=O) groups is 2. The predicted molar refractivity (Wildman–Crippen MR) is 397 cm³/mol. The van der Waals surface area contributed by atoms with Crippen LogP contribution in [0.4, 0.5) is 0 Å². The third-order valence-electron chi connectivity index (χ3n) is 16.8. The molecule has 532 valence electrons. The van der Waals surface area contributed by atoms with E-state index >= 15 is 0 Å². The Morgan fingerprint density at radius 2 is 0.587 bits per heavy atom. The van der Waals surface area contributed by atoms with E-state index < -0.39 is 26.5 Å². The zero-order chi connectivity index (χ0) is 66.9. The summed E-state index contributed by atoms with van der Waals surface area (Å²) in [6, 6.07) is 0. The average Bonchev–Trinajstić information content (AvgIpc) is 2.23. The first-order valence-electron chi connectivity index (χ1n) is 38.6. The number of nitrogens with zero attached hydrogens (tertiary/aromatic N) is 1. The summed E-state index contributed by atoms with van der Waals surface area (Å²) < 4.78 is 34.4. The van der Waals surface area contributed by atoms with E-state index in [2.05, 4.69) is 123 Å². The standard InChI is InChI=1S/C82H146NO8P/c1-6-8-10-12-14-16-18-20-22-24-26-28-30-32-34-36-38-40-41-43-44-46-48-50-52-54-56-58-60-62-64-66-68-70-72-74-81(84)88-78-80(79-90-92(86,87)89-77-76-83(3,4)5)91-82(85)75-73-71-69-67-65-63-61-59-57-55-53-51-49-47-45-42-39-37-35-33-31-29-27-25-23-21-19-17-15-13-11-9-7-2/h8-11,14-17,20-23,26-29,33,35,80H,6-7,12-13,18-19,24-25,30-32,34,36-79H2,1-5H3/b10-8-,11-9-,16-14-,17-15-,22-20-,23-21-,28-26-,29-27-,35-33-. The summed E-state index contributed by atoms with van der Waals surface area (Å²) in [4.78, 5) is 38.2. The zero-order valence-electron chi connectivity index (χ0n) is 60.7. The van der Waals surface area contributed by atoms with E-state index in [1.807, 2.05) is 21.1 Å². The second-order valence-electron chi connectivity index (χ2n) is 27.0. The molecular weight excluding hydrogens is 1160 g/mol. The zero-order valence-corrected chi connectivity index (χ0v) is 61.6. The summed E-state index contributed by atoms with van der Waals surface area (Å²) in [5.74, 6) is -0.819. The second-order valence-corrected chi connectivity index (χ2v) is 28.4. The van der Waals surface area contributed by atoms with Crippen molar-refractivity contribution in [3.63, 3.8) is 0 Å². The number of phosphoric acid groups is 1. The number of ether oxygens (including phenoxy) is 2. The molecule has 9 nitrogen and oxygen atoms in total. The van der Waals surface area contributed by atoms with Crippen molar-refractivity contribution in [1.82, 2.24) is 0 Å². The molecule has 0 spiro atoms. The highest BCUT2D eigenvalue weighted by Gasteiger charge is 2.22. The smallest absolute Gasteiger partial charge is 0.306 e. The number of allylic oxidation sites excluding steroid dienone is 18. The molecule has 0 aromatic rings. The topological polar surface area (TPSA) is 111 Å². The molecule has 2 unspecified atom stereocenters. The fourth-order valence-electron chi connectivity index (χ4n) is 11.0. The summed E-state index contributed by atoms with van der Waals surface area (Å²) in [5, 5.41) is 0. The molecule has 92 heavy (non-hydrogen) atoms. The molecule has 0 aromatic heterocycles. The van der Waals surface area contributed by atoms with Gasteiger partial charge in [-0.25, -0.2) is 0 Å². The molecule has 0 saturated carbocycles. The number of phosphoric ester groups is 1. The molecule has 0 aliphatic rings. The first kappa shape index (κ1) is 88.7. The van der Waals surface area contributed by atoms with Crippen LogP contribution >= 0.6 is 7.82 Å². The minimum absolute atomic E-state index is 0.0317. The lowest BCUT2D eigenvalue weighted by molar-refractivity contribution is -0.870. The summed E-state index contributed by atoms with van der Waals surface area (Å²) >= 11 is 0. The number of quaternary nitrogens is 1. The Bertz CT molecular complexity index is 1920. The van der Waals surface area contributed by atoms with E-state index in [9.17, 15) is 19.0 Å². The van der Waals surface area contributed by atoms with Crippen LogP contribution in [0, 0.1) is 0 Å². The Morgan fingerprint density at radius 1 is 0.337 bits per heavy atom. The molecule has 0 heterocycles. The quantitative estimate of drug-likeness (QED) is 0.0195. The van der Waals surface area contributed by atoms with Crippen LogP contribution in [0.3, 0.4) is 0 Å². The molecule has 10 heteroatoms. The molecular formula is C82H146NO8P. The highest BCUT2D eigenvalue weighted by Crippen LogP contribution is 2.38. The second kappa shape index (κ2) is 72.0. The van der Waals surface area contributed by atoms with Crippen LogP contribution in [0.1, 0.15) is 348 Å². The van der Waals surface area contributed by atoms with Crippen molar-refractivity contribution in [2.75, 3.05) is 47.5 Å². The third-order valence-corrected chi connectivity index (χ3v) is 17.8. The number of hydrogen-bond donors (Lipinski definition) is 0. The third kappa shape index (κ3) is 75.7. The molecule has 0 saturated heterocycles. The highest BCUT2D eigenvalue weighted by molar-refractivity contribution is 7.45. The number of esters is 2. The van der Waals surface area contributed by atoms with Crippen LogP contribution in [0.5, 0.6) is 0 Å². The van der Waals surface area contributed by atoms with Crippen LogP contribution in [-0.2, 0) is 32.7 Å². The molecule has 0 aromatic carbocycles. The Kier molecular flexibility index (Phi) is 69.3. The molecule has 2 atom stereocenters. The molecule has 0 fully saturated rings. The van der Waals surface area contributed by atoms with Gasteiger partial charge in [0, 0.05) is 12.8 Å². The minimum Gasteiger partial charge on any atom is -0.756 e. The maximum atomic E-state index is 12.9. The summed E-state index contributed by atoms with van der Waals surface area (Å²) in [6.07, 6.45) is 102. The summed E-state index contributed by atoms with van der Waals surface area (Å²) in [7, 11) is 1.18. The van der Waals surface area contributed by atoms with Gasteiger partial charge in [-0.05, 0) is 96.3 Å². The fraction of sp³-hybridized carbons (Fsp3) is 0.756. The molecule has 0 aliphatic heterocycles. The number of carbonyl (C=O) groups excluding carboxylic acids is 2. The van der Waals surface area contributed by atoms with Crippen molar-refractivity contribution in [3.05, 3.63) is 109 Å². The van der Waals surface area contributed by atoms with Gasteiger partial charge in [-0.15, -0.1) is 0 Å². The Morgan fingerprint density at radius 3 is 0.870 bits per heavy atom. The van der Waals surface area contributed by atoms with Gasteiger partial charge in [-0.1, -0.05) is 348 Å². The Hall–Kier alpha value is -3.33. The van der Waals surface area contributed by atoms with Crippen LogP contribution in [-0.4, -0.2) is 70.0 Å². The predicted octanol–water partition coefficient (Wildman–Crippen LogP) is 25.0. The average molecular weight is 1310 g/mol. The van der Waals surface area contributed by atoms with Gasteiger partial charge in [0.25, 0.3) is 7.82 Å². The number of rotatable bonds is 71. The van der Waals surface area contributed by atoms with Gasteiger partial charge in [0.05, 0.1) is 27.7 Å². The van der Waals surface area contributed by atoms with E-state index in [1.54, 1.807) is 0 Å². The van der Waals surface area contributed by atoms with Crippen LogP contribution in [0.2, 0.25) is 0 Å². The highest BCUT2D eigenvalue weighted by atomic mass is 31.2. The van der Waals surface area contributed by atoms with Crippen molar-refractivity contribution in [2.24, 2.45) is 0 Å². The van der Waals surface area contributed by atoms with E-state index in [0.29, 0.717) is 17.4 Å². The van der Waals surface area contributed by atoms with Gasteiger partial charge in [-0.3, -0.25) is 14.2 Å². The van der Waals surface area contributed by atoms with E-state index in [-0.39, 0.29) is 32.0 Å². The van der Waals surface area contributed by atoms with Crippen molar-refractivity contribution < 1.29 is 42.1 Å². The van der Waals surface area contributed by atoms with Crippen molar-refractivity contribution in [3.8, 4) is 0 Å². The fourth-order valence-corrected chi connectivity index (χ4v) is 11.7. The van der Waals surface area contributed by atoms with Crippen molar-refractivity contribution in [1.29, 1.82) is 0 Å². The SMILES string of the molecule is CC/C=C\C/C=C\C/C=C\C/C=C\C/C=C\CCCCCCCCCCCCCCCCCCCC(=O)OC(COC(=O)CCCCCCCCCCCCCCCCCCCCCCCC/C=C\C/C=C\C/C=C\C/C=C\CC)COP(=O)([O-])OCC[N+](C)(C)C. The van der Waals surface area contributed by atoms with Gasteiger partial charge in [0.2, 0.25) is 0 Å². The molecule has 0 rings (SSSR count). The van der Waals surface area contributed by atoms with Gasteiger partial charge >= 0.3 is 11.9 Å². The largest absolute Gasteiger partial charge is 0.756 e.